The molecule has 7 rings (SSSR count). The number of hydrogen-bond acceptors (Lipinski definition) is 0. The van der Waals surface area contributed by atoms with Crippen LogP contribution in [-0.4, -0.2) is 8.80 Å². The average Bonchev–Trinajstić information content (AvgIpc) is 3.33. The van der Waals surface area contributed by atoms with E-state index >= 15 is 0 Å². The normalized spacial score (nSPS) is 13.0. The number of benzene rings is 6. The molecule has 0 nitrogen and oxygen atoms in total. The molecule has 0 N–H and O–H groups in total. The molecule has 0 amide bonds. The largest absolute Gasteiger partial charge is 0.266 e. The molecule has 1 aliphatic carbocycles. The molecule has 0 heterocycles. The Balaban J connectivity index is 0.000000660. The van der Waals surface area contributed by atoms with E-state index in [0.29, 0.717) is 5.92 Å². The second-order valence-corrected chi connectivity index (χ2v) is 16.0. The molecule has 1 unspecified atom stereocenters. The summed E-state index contributed by atoms with van der Waals surface area (Å²) in [7, 11) is -1.33. The summed E-state index contributed by atoms with van der Waals surface area (Å²) in [5.74, 6) is 0.560. The van der Waals surface area contributed by atoms with Crippen molar-refractivity contribution in [3.05, 3.63) is 185 Å². The number of hydrogen-bond donors (Lipinski definition) is 0. The minimum atomic E-state index is -1.33. The number of aryl methyl sites for hydroxylation is 3. The molecule has 0 saturated carbocycles. The summed E-state index contributed by atoms with van der Waals surface area (Å²) in [6, 6.07) is 53.8. The van der Waals surface area contributed by atoms with Gasteiger partial charge in [0.2, 0.25) is 0 Å². The van der Waals surface area contributed by atoms with Gasteiger partial charge >= 0.3 is 0 Å². The fourth-order valence-electron chi connectivity index (χ4n) is 6.84. The first-order chi connectivity index (χ1) is 23.7. The van der Waals surface area contributed by atoms with Gasteiger partial charge in [-0.05, 0) is 69.7 Å². The third-order valence-electron chi connectivity index (χ3n) is 9.66. The zero-order chi connectivity index (χ0) is 34.5. The molecule has 271 valence electrons. The van der Waals surface area contributed by atoms with Crippen LogP contribution in [-0.2, 0) is 21.7 Å². The molecule has 1 radical (unpaired) electrons. The van der Waals surface area contributed by atoms with Gasteiger partial charge in [-0.2, -0.15) is 11.1 Å². The van der Waals surface area contributed by atoms with Gasteiger partial charge in [0, 0.05) is 21.7 Å². The Morgan fingerprint density at radius 1 is 0.415 bits per heavy atom. The van der Waals surface area contributed by atoms with Crippen molar-refractivity contribution in [3.63, 3.8) is 0 Å². The maximum atomic E-state index is 3.36. The van der Waals surface area contributed by atoms with Crippen LogP contribution in [0.2, 0.25) is 0 Å². The topological polar surface area (TPSA) is 0 Å². The molecule has 0 aliphatic heterocycles. The van der Waals surface area contributed by atoms with Crippen LogP contribution in [0.3, 0.4) is 0 Å². The summed E-state index contributed by atoms with van der Waals surface area (Å²) in [6.07, 6.45) is 3.36. The second-order valence-electron chi connectivity index (χ2n) is 13.5. The zero-order valence-electron chi connectivity index (χ0n) is 31.7. The Morgan fingerprint density at radius 3 is 0.943 bits per heavy atom. The molecule has 53 heavy (non-hydrogen) atoms. The van der Waals surface area contributed by atoms with Crippen molar-refractivity contribution in [2.24, 2.45) is 5.92 Å². The van der Waals surface area contributed by atoms with E-state index in [0.717, 1.165) is 0 Å². The first kappa shape index (κ1) is 45.8. The number of allylic oxidation sites excluding steroid dienone is 4. The van der Waals surface area contributed by atoms with Gasteiger partial charge in [0.05, 0.1) is 0 Å². The van der Waals surface area contributed by atoms with E-state index in [9.17, 15) is 0 Å². The summed E-state index contributed by atoms with van der Waals surface area (Å²) in [4.78, 5) is 0. The fraction of sp³-hybridized carbons (Fsp3) is 0.167. The van der Waals surface area contributed by atoms with E-state index in [2.05, 4.69) is 200 Å². The first-order valence-electron chi connectivity index (χ1n) is 17.3. The Morgan fingerprint density at radius 2 is 0.717 bits per heavy atom. The van der Waals surface area contributed by atoms with Crippen molar-refractivity contribution < 1.29 is 21.7 Å². The summed E-state index contributed by atoms with van der Waals surface area (Å²) in [5, 5.41) is 4.24. The predicted molar refractivity (Wildman–Crippen MR) is 236 cm³/mol. The van der Waals surface area contributed by atoms with Crippen molar-refractivity contribution in [1.29, 1.82) is 0 Å². The van der Waals surface area contributed by atoms with Crippen molar-refractivity contribution in [3.8, 4) is 33.4 Å². The van der Waals surface area contributed by atoms with E-state index < -0.39 is 8.80 Å². The maximum absolute atomic E-state index is 3.36. The molecule has 0 fully saturated rings. The Bertz CT molecular complexity index is 1930. The smallest absolute Gasteiger partial charge is 0.154 e. The minimum Gasteiger partial charge on any atom is -0.266 e. The van der Waals surface area contributed by atoms with E-state index in [1.165, 1.54) is 82.4 Å². The molecule has 0 spiro atoms. The van der Waals surface area contributed by atoms with Crippen LogP contribution in [0.15, 0.2) is 162 Å². The molecular formula is C48H49Cl3SiTi-. The van der Waals surface area contributed by atoms with Crippen molar-refractivity contribution in [1.82, 2.24) is 0 Å². The van der Waals surface area contributed by atoms with Crippen LogP contribution in [0.5, 0.6) is 0 Å². The molecule has 5 heteroatoms. The first-order valence-corrected chi connectivity index (χ1v) is 18.8. The van der Waals surface area contributed by atoms with Crippen LogP contribution < -0.4 is 15.6 Å². The van der Waals surface area contributed by atoms with Gasteiger partial charge in [-0.25, -0.2) is 5.57 Å². The Labute approximate surface area is 353 Å². The SMILES string of the molecule is CC1=[C-]C(C)C(C)=C1C.Cc1cc(-c2ccccc2)cc([Si](c2cc(C)cc(-c3ccccc3)c2)c2cc(C)cc(-c3ccccc3)c2)c1.Cl.Cl.Cl.[Ti]. The minimum absolute atomic E-state index is 0. The van der Waals surface area contributed by atoms with E-state index in [1.807, 2.05) is 0 Å². The monoisotopic (exact) mass is 806 g/mol. The molecule has 1 atom stereocenters. The molecule has 0 saturated heterocycles. The number of halogens is 3. The van der Waals surface area contributed by atoms with Crippen molar-refractivity contribution >= 4 is 61.6 Å². The van der Waals surface area contributed by atoms with Crippen LogP contribution in [0.25, 0.3) is 33.4 Å². The van der Waals surface area contributed by atoms with Gasteiger partial charge in [0.1, 0.15) is 0 Å². The molecular weight excluding hydrogens is 759 g/mol. The second kappa shape index (κ2) is 20.9. The molecule has 0 aromatic heterocycles. The maximum Gasteiger partial charge on any atom is 0.154 e. The van der Waals surface area contributed by atoms with Gasteiger partial charge in [-0.3, -0.25) is 6.08 Å². The van der Waals surface area contributed by atoms with E-state index in [-0.39, 0.29) is 58.9 Å². The van der Waals surface area contributed by atoms with Gasteiger partial charge in [-0.1, -0.05) is 189 Å². The molecule has 0 bridgehead atoms. The van der Waals surface area contributed by atoms with E-state index in [4.69, 9.17) is 0 Å². The summed E-state index contributed by atoms with van der Waals surface area (Å²) >= 11 is 0. The standard InChI is InChI=1S/C39H33Si.C9H13.3ClH.Ti/c1-28-19-34(31-13-7-4-8-14-31)25-37(22-28)40(38-23-29(2)20-35(26-38)32-15-9-5-10-16-32)39-24-30(3)21-36(27-39)33-17-11-6-12-18-33;1-6-5-7(2)9(4)8(6)3;;;;/h4-27H,1-3H3;6H,1-4H3;3*1H;/q;-1;;;;. The zero-order valence-corrected chi connectivity index (χ0v) is 36.7. The number of rotatable bonds is 6. The molecule has 6 aromatic rings. The predicted octanol–water partition coefficient (Wildman–Crippen LogP) is 12.1. The van der Waals surface area contributed by atoms with Gasteiger partial charge in [0.25, 0.3) is 0 Å². The van der Waals surface area contributed by atoms with Gasteiger partial charge in [0.15, 0.2) is 8.80 Å². The molecule has 6 aromatic carbocycles. The fourth-order valence-corrected chi connectivity index (χ4v) is 9.85. The summed E-state index contributed by atoms with van der Waals surface area (Å²) in [5.41, 5.74) is 15.8. The third-order valence-corrected chi connectivity index (χ3v) is 12.3. The van der Waals surface area contributed by atoms with Crippen LogP contribution in [0, 0.1) is 32.8 Å². The van der Waals surface area contributed by atoms with Gasteiger partial charge < -0.3 is 0 Å². The molecule has 1 aliphatic rings. The third kappa shape index (κ3) is 11.3. The Hall–Kier alpha value is -3.40. The van der Waals surface area contributed by atoms with Gasteiger partial charge in [-0.15, -0.1) is 44.1 Å². The van der Waals surface area contributed by atoms with Crippen LogP contribution in [0.1, 0.15) is 44.4 Å². The van der Waals surface area contributed by atoms with Crippen LogP contribution >= 0.6 is 37.2 Å². The Kier molecular flexibility index (Phi) is 18.0. The van der Waals surface area contributed by atoms with Crippen molar-refractivity contribution in [2.75, 3.05) is 0 Å². The van der Waals surface area contributed by atoms with Crippen molar-refractivity contribution in [2.45, 2.75) is 48.5 Å². The summed E-state index contributed by atoms with van der Waals surface area (Å²) < 4.78 is 0. The average molecular weight is 808 g/mol. The van der Waals surface area contributed by atoms with Crippen LogP contribution in [0.4, 0.5) is 0 Å². The van der Waals surface area contributed by atoms with E-state index in [1.54, 1.807) is 0 Å². The quantitative estimate of drug-likeness (QED) is 0.0893. The summed E-state index contributed by atoms with van der Waals surface area (Å²) in [6.45, 7) is 15.4.